The maximum absolute atomic E-state index is 12.1. The highest BCUT2D eigenvalue weighted by Gasteiger charge is 2.36. The van der Waals surface area contributed by atoms with Crippen LogP contribution < -0.4 is 5.32 Å². The molecule has 1 aliphatic heterocycles. The predicted molar refractivity (Wildman–Crippen MR) is 73.9 cm³/mol. The first kappa shape index (κ1) is 16.9. The van der Waals surface area contributed by atoms with Crippen LogP contribution in [-0.2, 0) is 24.2 Å². The van der Waals surface area contributed by atoms with Crippen molar-refractivity contribution in [3.63, 3.8) is 0 Å². The Morgan fingerprint density at radius 3 is 2.60 bits per heavy atom. The van der Waals surface area contributed by atoms with Gasteiger partial charge in [-0.25, -0.2) is 8.42 Å². The molecule has 20 heavy (non-hydrogen) atoms. The molecule has 0 radical (unpaired) electrons. The third kappa shape index (κ3) is 4.75. The van der Waals surface area contributed by atoms with E-state index < -0.39 is 27.7 Å². The maximum atomic E-state index is 12.1. The number of amides is 2. The zero-order valence-corrected chi connectivity index (χ0v) is 12.7. The van der Waals surface area contributed by atoms with Crippen LogP contribution in [0.5, 0.6) is 0 Å². The molecule has 1 rings (SSSR count). The largest absolute Gasteiger partial charge is 0.383 e. The second-order valence-corrected chi connectivity index (χ2v) is 7.03. The van der Waals surface area contributed by atoms with Crippen molar-refractivity contribution in [2.45, 2.75) is 25.8 Å². The van der Waals surface area contributed by atoms with Crippen molar-refractivity contribution < 1.29 is 22.7 Å². The van der Waals surface area contributed by atoms with Crippen LogP contribution in [0.4, 0.5) is 0 Å². The Morgan fingerprint density at radius 2 is 2.10 bits per heavy atom. The molecule has 1 atom stereocenters. The molecule has 0 bridgehead atoms. The molecule has 116 valence electrons. The first-order chi connectivity index (χ1) is 9.41. The molecule has 0 aromatic rings. The van der Waals surface area contributed by atoms with Gasteiger partial charge in [-0.2, -0.15) is 0 Å². The topological polar surface area (TPSA) is 92.8 Å². The minimum Gasteiger partial charge on any atom is -0.383 e. The standard InChI is InChI=1S/C12H22N2O5S/c1-3-5-13-11(15)12(16)14(6-7-19-2)10-4-8-20(17,18)9-10/h10H,3-9H2,1-2H3,(H,13,15). The van der Waals surface area contributed by atoms with E-state index in [0.717, 1.165) is 6.42 Å². The third-order valence-electron chi connectivity index (χ3n) is 3.18. The van der Waals surface area contributed by atoms with E-state index in [1.165, 1.54) is 12.0 Å². The van der Waals surface area contributed by atoms with Gasteiger partial charge in [-0.05, 0) is 12.8 Å². The molecule has 8 heteroatoms. The first-order valence-corrected chi connectivity index (χ1v) is 8.51. The summed E-state index contributed by atoms with van der Waals surface area (Å²) in [6.45, 7) is 2.79. The fourth-order valence-electron chi connectivity index (χ4n) is 2.11. The summed E-state index contributed by atoms with van der Waals surface area (Å²) in [6, 6.07) is -0.435. The Bertz CT molecular complexity index is 449. The summed E-state index contributed by atoms with van der Waals surface area (Å²) in [4.78, 5) is 25.2. The van der Waals surface area contributed by atoms with Gasteiger partial charge in [-0.3, -0.25) is 9.59 Å². The van der Waals surface area contributed by atoms with Crippen molar-refractivity contribution in [2.75, 3.05) is 38.3 Å². The van der Waals surface area contributed by atoms with Crippen molar-refractivity contribution in [1.82, 2.24) is 10.2 Å². The maximum Gasteiger partial charge on any atom is 0.312 e. The minimum atomic E-state index is -3.11. The van der Waals surface area contributed by atoms with Crippen molar-refractivity contribution in [2.24, 2.45) is 0 Å². The van der Waals surface area contributed by atoms with E-state index in [2.05, 4.69) is 5.32 Å². The Labute approximate surface area is 119 Å². The molecule has 2 amide bonds. The molecule has 1 saturated heterocycles. The summed E-state index contributed by atoms with van der Waals surface area (Å²) in [7, 11) is -1.62. The fraction of sp³-hybridized carbons (Fsp3) is 0.833. The number of rotatable bonds is 6. The van der Waals surface area contributed by atoms with Crippen molar-refractivity contribution in [3.05, 3.63) is 0 Å². The molecule has 1 unspecified atom stereocenters. The Balaban J connectivity index is 2.73. The SMILES string of the molecule is CCCNC(=O)C(=O)N(CCOC)C1CCS(=O)(=O)C1. The number of nitrogens with zero attached hydrogens (tertiary/aromatic N) is 1. The van der Waals surface area contributed by atoms with Crippen LogP contribution in [0.2, 0.25) is 0 Å². The lowest BCUT2D eigenvalue weighted by Gasteiger charge is -2.27. The molecule has 1 aliphatic rings. The normalized spacial score (nSPS) is 20.6. The number of sulfone groups is 1. The second kappa shape index (κ2) is 7.58. The molecule has 0 spiro atoms. The molecule has 0 aromatic heterocycles. The molecular formula is C12H22N2O5S. The minimum absolute atomic E-state index is 0.0605. The van der Waals surface area contributed by atoms with Crippen LogP contribution >= 0.6 is 0 Å². The van der Waals surface area contributed by atoms with Crippen LogP contribution in [-0.4, -0.2) is 69.5 Å². The van der Waals surface area contributed by atoms with Gasteiger partial charge in [0.1, 0.15) is 0 Å². The summed E-state index contributed by atoms with van der Waals surface area (Å²) in [5.74, 6) is -1.39. The van der Waals surface area contributed by atoms with Gasteiger partial charge in [0.2, 0.25) is 0 Å². The summed E-state index contributed by atoms with van der Waals surface area (Å²) in [5, 5.41) is 2.51. The van der Waals surface area contributed by atoms with E-state index in [4.69, 9.17) is 4.74 Å². The van der Waals surface area contributed by atoms with Crippen LogP contribution in [0.15, 0.2) is 0 Å². The van der Waals surface area contributed by atoms with E-state index in [0.29, 0.717) is 13.0 Å². The van der Waals surface area contributed by atoms with Gasteiger partial charge >= 0.3 is 11.8 Å². The van der Waals surface area contributed by atoms with Gasteiger partial charge < -0.3 is 15.0 Å². The van der Waals surface area contributed by atoms with Crippen molar-refractivity contribution >= 4 is 21.7 Å². The second-order valence-electron chi connectivity index (χ2n) is 4.80. The average molecular weight is 306 g/mol. The molecule has 0 aromatic carbocycles. The van der Waals surface area contributed by atoms with Crippen LogP contribution in [0.3, 0.4) is 0 Å². The molecule has 7 nitrogen and oxygen atoms in total. The monoisotopic (exact) mass is 306 g/mol. The van der Waals surface area contributed by atoms with Gasteiger partial charge in [0, 0.05) is 26.2 Å². The molecule has 1 heterocycles. The third-order valence-corrected chi connectivity index (χ3v) is 4.93. The van der Waals surface area contributed by atoms with E-state index >= 15 is 0 Å². The van der Waals surface area contributed by atoms with Crippen LogP contribution in [0.1, 0.15) is 19.8 Å². The number of nitrogens with one attached hydrogen (secondary N) is 1. The zero-order valence-electron chi connectivity index (χ0n) is 11.9. The quantitative estimate of drug-likeness (QED) is 0.647. The molecular weight excluding hydrogens is 284 g/mol. The molecule has 0 aliphatic carbocycles. The fourth-order valence-corrected chi connectivity index (χ4v) is 3.84. The van der Waals surface area contributed by atoms with Gasteiger partial charge in [0.25, 0.3) is 0 Å². The van der Waals surface area contributed by atoms with E-state index in [9.17, 15) is 18.0 Å². The van der Waals surface area contributed by atoms with Gasteiger partial charge in [0.15, 0.2) is 9.84 Å². The van der Waals surface area contributed by atoms with Crippen molar-refractivity contribution in [3.8, 4) is 0 Å². The van der Waals surface area contributed by atoms with Crippen LogP contribution in [0.25, 0.3) is 0 Å². The Kier molecular flexibility index (Phi) is 6.41. The number of carbonyl (C=O) groups excluding carboxylic acids is 2. The molecule has 0 saturated carbocycles. The number of carbonyl (C=O) groups is 2. The summed E-state index contributed by atoms with van der Waals surface area (Å²) in [5.41, 5.74) is 0. The molecule has 1 N–H and O–H groups in total. The number of hydrogen-bond acceptors (Lipinski definition) is 5. The van der Waals surface area contributed by atoms with E-state index in [1.54, 1.807) is 0 Å². The van der Waals surface area contributed by atoms with Gasteiger partial charge in [0.05, 0.1) is 18.1 Å². The average Bonchev–Trinajstić information content (AvgIpc) is 2.76. The smallest absolute Gasteiger partial charge is 0.312 e. The summed E-state index contributed by atoms with van der Waals surface area (Å²) >= 11 is 0. The van der Waals surface area contributed by atoms with E-state index in [-0.39, 0.29) is 24.7 Å². The lowest BCUT2D eigenvalue weighted by Crippen LogP contribution is -2.49. The highest BCUT2D eigenvalue weighted by atomic mass is 32.2. The number of methoxy groups -OCH3 is 1. The van der Waals surface area contributed by atoms with Gasteiger partial charge in [-0.1, -0.05) is 6.92 Å². The summed E-state index contributed by atoms with van der Waals surface area (Å²) in [6.07, 6.45) is 1.10. The zero-order chi connectivity index (χ0) is 15.2. The lowest BCUT2D eigenvalue weighted by atomic mass is 10.2. The van der Waals surface area contributed by atoms with Gasteiger partial charge in [-0.15, -0.1) is 0 Å². The van der Waals surface area contributed by atoms with E-state index in [1.807, 2.05) is 6.92 Å². The Morgan fingerprint density at radius 1 is 1.40 bits per heavy atom. The van der Waals surface area contributed by atoms with Crippen molar-refractivity contribution in [1.29, 1.82) is 0 Å². The Hall–Kier alpha value is -1.15. The molecule has 1 fully saturated rings. The summed E-state index contributed by atoms with van der Waals surface area (Å²) < 4.78 is 27.9. The number of hydrogen-bond donors (Lipinski definition) is 1. The number of ether oxygens (including phenoxy) is 1. The first-order valence-electron chi connectivity index (χ1n) is 6.69. The predicted octanol–water partition coefficient (Wildman–Crippen LogP) is -0.825. The highest BCUT2D eigenvalue weighted by Crippen LogP contribution is 2.17. The highest BCUT2D eigenvalue weighted by molar-refractivity contribution is 7.91. The van der Waals surface area contributed by atoms with Crippen LogP contribution in [0, 0.1) is 0 Å². The lowest BCUT2D eigenvalue weighted by molar-refractivity contribution is -0.147.